The Bertz CT molecular complexity index is 814. The highest BCUT2D eigenvalue weighted by molar-refractivity contribution is 7.17. The molecule has 3 rings (SSSR count). The summed E-state index contributed by atoms with van der Waals surface area (Å²) in [4.78, 5) is 30.7. The number of pyridine rings is 1. The lowest BCUT2D eigenvalue weighted by atomic mass is 9.95. The molecule has 6 nitrogen and oxygen atoms in total. The molecular weight excluding hydrogens is 431 g/mol. The maximum atomic E-state index is 12.9. The summed E-state index contributed by atoms with van der Waals surface area (Å²) in [5.41, 5.74) is 2.22. The summed E-state index contributed by atoms with van der Waals surface area (Å²) in [5.74, 6) is -0.350. The van der Waals surface area contributed by atoms with Crippen molar-refractivity contribution in [3.63, 3.8) is 0 Å². The topological polar surface area (TPSA) is 83.1 Å². The van der Waals surface area contributed by atoms with Crippen molar-refractivity contribution in [1.29, 1.82) is 0 Å². The molecule has 2 aromatic rings. The highest BCUT2D eigenvalue weighted by Crippen LogP contribution is 2.38. The Morgan fingerprint density at radius 2 is 1.97 bits per heavy atom. The van der Waals surface area contributed by atoms with Crippen LogP contribution in [-0.2, 0) is 12.8 Å². The Hall–Kier alpha value is -1.67. The number of aromatic nitrogens is 1. The fourth-order valence-corrected chi connectivity index (χ4v) is 4.60. The predicted molar refractivity (Wildman–Crippen MR) is 123 cm³/mol. The number of aryl methyl sites for hydroxylation is 1. The lowest BCUT2D eigenvalue weighted by Crippen LogP contribution is -2.39. The van der Waals surface area contributed by atoms with Crippen LogP contribution in [0.4, 0.5) is 5.00 Å². The van der Waals surface area contributed by atoms with E-state index < -0.39 is 0 Å². The second kappa shape index (κ2) is 12.1. The van der Waals surface area contributed by atoms with Gasteiger partial charge in [0.1, 0.15) is 5.00 Å². The maximum Gasteiger partial charge on any atom is 0.257 e. The van der Waals surface area contributed by atoms with E-state index in [1.54, 1.807) is 18.3 Å². The number of hydrogen-bond acceptors (Lipinski definition) is 5. The van der Waals surface area contributed by atoms with Gasteiger partial charge < -0.3 is 16.0 Å². The monoisotopic (exact) mass is 458 g/mol. The van der Waals surface area contributed by atoms with E-state index in [0.717, 1.165) is 37.8 Å². The number of fused-ring (bicyclic) bond motifs is 1. The zero-order chi connectivity index (χ0) is 19.2. The van der Waals surface area contributed by atoms with Crippen molar-refractivity contribution in [3.05, 3.63) is 46.1 Å². The van der Waals surface area contributed by atoms with Gasteiger partial charge in [-0.3, -0.25) is 14.6 Å². The predicted octanol–water partition coefficient (Wildman–Crippen LogP) is 3.85. The summed E-state index contributed by atoms with van der Waals surface area (Å²) < 4.78 is 0. The van der Waals surface area contributed by atoms with Gasteiger partial charge in [0.2, 0.25) is 0 Å². The smallest absolute Gasteiger partial charge is 0.257 e. The number of nitrogens with one attached hydrogen (secondary N) is 3. The molecule has 2 aromatic heterocycles. The molecule has 0 bridgehead atoms. The van der Waals surface area contributed by atoms with Crippen molar-refractivity contribution in [2.24, 2.45) is 0 Å². The van der Waals surface area contributed by atoms with Gasteiger partial charge in [-0.15, -0.1) is 36.2 Å². The van der Waals surface area contributed by atoms with E-state index in [1.165, 1.54) is 22.4 Å². The van der Waals surface area contributed by atoms with Crippen LogP contribution in [0, 0.1) is 0 Å². The second-order valence-corrected chi connectivity index (χ2v) is 7.88. The summed E-state index contributed by atoms with van der Waals surface area (Å²) in [6.45, 7) is 5.49. The van der Waals surface area contributed by atoms with E-state index in [-0.39, 0.29) is 42.7 Å². The van der Waals surface area contributed by atoms with Crippen LogP contribution >= 0.6 is 36.2 Å². The Labute approximate surface area is 188 Å². The minimum absolute atomic E-state index is 0. The quantitative estimate of drug-likeness (QED) is 0.588. The molecular formula is C20H28Cl2N4O2S. The van der Waals surface area contributed by atoms with Gasteiger partial charge >= 0.3 is 0 Å². The van der Waals surface area contributed by atoms with E-state index >= 15 is 0 Å². The summed E-state index contributed by atoms with van der Waals surface area (Å²) >= 11 is 1.53. The molecule has 0 saturated heterocycles. The normalized spacial score (nSPS) is 13.3. The molecule has 3 N–H and O–H groups in total. The Kier molecular flexibility index (Phi) is 10.6. The summed E-state index contributed by atoms with van der Waals surface area (Å²) in [7, 11) is 0. The number of hydrogen-bond donors (Lipinski definition) is 3. The number of anilines is 1. The molecule has 29 heavy (non-hydrogen) atoms. The van der Waals surface area contributed by atoms with Crippen molar-refractivity contribution < 1.29 is 9.59 Å². The van der Waals surface area contributed by atoms with Crippen LogP contribution in [0.15, 0.2) is 24.5 Å². The van der Waals surface area contributed by atoms with Crippen LogP contribution in [0.3, 0.4) is 0 Å². The van der Waals surface area contributed by atoms with E-state index in [4.69, 9.17) is 0 Å². The zero-order valence-corrected chi connectivity index (χ0v) is 19.1. The third-order valence-electron chi connectivity index (χ3n) is 4.67. The van der Waals surface area contributed by atoms with Crippen LogP contribution < -0.4 is 16.0 Å². The van der Waals surface area contributed by atoms with Crippen LogP contribution in [0.5, 0.6) is 0 Å². The number of thiophene rings is 1. The Balaban J connectivity index is 0.00000210. The molecule has 0 aromatic carbocycles. The third kappa shape index (κ3) is 6.40. The van der Waals surface area contributed by atoms with Crippen molar-refractivity contribution >= 4 is 53.0 Å². The van der Waals surface area contributed by atoms with E-state index in [0.29, 0.717) is 22.7 Å². The first kappa shape index (κ1) is 25.4. The molecule has 0 unspecified atom stereocenters. The average Bonchev–Trinajstić information content (AvgIpc) is 3.05. The average molecular weight is 459 g/mol. The number of amides is 2. The van der Waals surface area contributed by atoms with Gasteiger partial charge in [0.15, 0.2) is 0 Å². The van der Waals surface area contributed by atoms with Crippen LogP contribution in [0.2, 0.25) is 0 Å². The standard InChI is InChI=1S/C20H26N4O2S.2ClH/c1-3-22-13(2)11-23-19(26)17-15-8-4-5-9-16(15)27-20(17)24-18(25)14-7-6-10-21-12-14;;/h6-7,10,12-13,22H,3-5,8-9,11H2,1-2H3,(H,23,26)(H,24,25);2*1H/t13-;;/m1../s1. The number of rotatable bonds is 7. The van der Waals surface area contributed by atoms with Crippen LogP contribution in [-0.4, -0.2) is 35.9 Å². The molecule has 2 heterocycles. The summed E-state index contributed by atoms with van der Waals surface area (Å²) in [6, 6.07) is 3.64. The first-order valence-corrected chi connectivity index (χ1v) is 10.3. The molecule has 1 aliphatic rings. The van der Waals surface area contributed by atoms with Crippen molar-refractivity contribution in [2.75, 3.05) is 18.4 Å². The van der Waals surface area contributed by atoms with Gasteiger partial charge in [0.05, 0.1) is 11.1 Å². The number of halogens is 2. The van der Waals surface area contributed by atoms with E-state index in [9.17, 15) is 9.59 Å². The second-order valence-electron chi connectivity index (χ2n) is 6.78. The van der Waals surface area contributed by atoms with Gasteiger partial charge in [-0.05, 0) is 56.8 Å². The van der Waals surface area contributed by atoms with Gasteiger partial charge in [-0.25, -0.2) is 0 Å². The molecule has 160 valence electrons. The Morgan fingerprint density at radius 3 is 2.66 bits per heavy atom. The van der Waals surface area contributed by atoms with Crippen molar-refractivity contribution in [1.82, 2.24) is 15.6 Å². The van der Waals surface area contributed by atoms with Crippen molar-refractivity contribution in [2.45, 2.75) is 45.6 Å². The molecule has 1 atom stereocenters. The molecule has 0 fully saturated rings. The number of carbonyl (C=O) groups is 2. The first-order chi connectivity index (χ1) is 13.1. The van der Waals surface area contributed by atoms with Gasteiger partial charge in [-0.2, -0.15) is 0 Å². The van der Waals surface area contributed by atoms with Gasteiger partial charge in [0, 0.05) is 29.9 Å². The highest BCUT2D eigenvalue weighted by atomic mass is 35.5. The number of nitrogens with zero attached hydrogens (tertiary/aromatic N) is 1. The number of carbonyl (C=O) groups excluding carboxylic acids is 2. The highest BCUT2D eigenvalue weighted by Gasteiger charge is 2.26. The molecule has 9 heteroatoms. The lowest BCUT2D eigenvalue weighted by molar-refractivity contribution is 0.0950. The third-order valence-corrected chi connectivity index (χ3v) is 5.88. The van der Waals surface area contributed by atoms with Gasteiger partial charge in [-0.1, -0.05) is 6.92 Å². The number of likely N-dealkylation sites (N-methyl/N-ethyl adjacent to an activating group) is 1. The fraction of sp³-hybridized carbons (Fsp3) is 0.450. The molecule has 0 spiro atoms. The van der Waals surface area contributed by atoms with E-state index in [2.05, 4.69) is 20.9 Å². The molecule has 1 aliphatic carbocycles. The minimum Gasteiger partial charge on any atom is -0.350 e. The fourth-order valence-electron chi connectivity index (χ4n) is 3.32. The van der Waals surface area contributed by atoms with Gasteiger partial charge in [0.25, 0.3) is 11.8 Å². The van der Waals surface area contributed by atoms with Crippen LogP contribution in [0.25, 0.3) is 0 Å². The largest absolute Gasteiger partial charge is 0.350 e. The molecule has 0 radical (unpaired) electrons. The van der Waals surface area contributed by atoms with E-state index in [1.807, 2.05) is 13.8 Å². The van der Waals surface area contributed by atoms with Crippen molar-refractivity contribution in [3.8, 4) is 0 Å². The Morgan fingerprint density at radius 1 is 1.21 bits per heavy atom. The SMILES string of the molecule is CCN[C@H](C)CNC(=O)c1c(NC(=O)c2cccnc2)sc2c1CCCC2.Cl.Cl. The first-order valence-electron chi connectivity index (χ1n) is 9.47. The lowest BCUT2D eigenvalue weighted by Gasteiger charge is -2.16. The van der Waals surface area contributed by atoms with Crippen LogP contribution in [0.1, 0.15) is 57.8 Å². The summed E-state index contributed by atoms with van der Waals surface area (Å²) in [6.07, 6.45) is 7.22. The molecule has 2 amide bonds. The minimum atomic E-state index is -0.239. The molecule has 0 aliphatic heterocycles. The summed E-state index contributed by atoms with van der Waals surface area (Å²) in [5, 5.41) is 9.89. The molecule has 0 saturated carbocycles. The zero-order valence-electron chi connectivity index (χ0n) is 16.6. The maximum absolute atomic E-state index is 12.9.